The number of hydrogen-bond acceptors (Lipinski definition) is 4. The second-order valence-corrected chi connectivity index (χ2v) is 10.2. The molecule has 0 aliphatic heterocycles. The molecule has 2 heterocycles. The van der Waals surface area contributed by atoms with Crippen LogP contribution in [0, 0.1) is 24.2 Å². The number of benzene rings is 1. The molecule has 0 N–H and O–H groups in total. The lowest BCUT2D eigenvalue weighted by molar-refractivity contribution is -0.121. The van der Waals surface area contributed by atoms with Crippen molar-refractivity contribution in [1.29, 1.82) is 0 Å². The first-order valence-electron chi connectivity index (χ1n) is 82.2. The van der Waals surface area contributed by atoms with Crippen LogP contribution in [-0.4, -0.2) is 20.7 Å². The number of Topliss-reactive ketones (excluding diaryl/α,β-unsaturated/α-hetero) is 1. The van der Waals surface area contributed by atoms with Crippen LogP contribution in [0.3, 0.4) is 0 Å². The molecule has 1 saturated carbocycles. The van der Waals surface area contributed by atoms with Gasteiger partial charge in [0.1, 0.15) is 5.82 Å². The van der Waals surface area contributed by atoms with Gasteiger partial charge in [0.15, 0.2) is 11.6 Å². The summed E-state index contributed by atoms with van der Waals surface area (Å²) < 4.78 is 715. The standard InChI is InChI=1S/C29H25FN4O.70H2/c1-16-21-12-11-20-25(19-6-4-5-7-22(19)30)33-28(18-10-13-23(32-15-18)17-8-9-17)34-27(20)29(21,2)14-24(31-3)26(16)35;;;;;;;;;;;;;;;;;;;;;;;;;;;;;;;;;;;;;;;;;;;;;;;;;;;;;;;;;;;;;;;;;;;;;;/h4-7,10,13-17,21H,8-9,11-12H2,1-2H3;70*1H/t16-,21-,29-;;;;;;;;;;;;;;;;;;;;;;;;;;;;;;;;;;;;;;;;;;;;;;;;;;;;;;;;;;;;;;;;;;;;;;/m1....................................................................../s1/i;70*1+2T. The van der Waals surface area contributed by atoms with Crippen LogP contribution in [0.2, 0.25) is 0 Å². The van der Waals surface area contributed by atoms with E-state index in [4.69, 9.17) is 224 Å². The Balaban J connectivity index is -0.0000000121. The van der Waals surface area contributed by atoms with Gasteiger partial charge in [-0.2, -0.15) is 0 Å². The van der Waals surface area contributed by atoms with E-state index >= 15 is 4.39 Å². The van der Waals surface area contributed by atoms with E-state index in [1.54, 1.807) is 24.4 Å². The minimum absolute atomic E-state index is 0.0135. The van der Waals surface area contributed by atoms with Gasteiger partial charge in [-0.25, -0.2) is 19.2 Å². The Hall–Kier alpha value is -3.72. The van der Waals surface area contributed by atoms with E-state index in [2.05, 4.69) is 16.8 Å². The van der Waals surface area contributed by atoms with E-state index in [0.717, 1.165) is 28.9 Å². The second-order valence-electron chi connectivity index (χ2n) is 10.2. The first kappa shape index (κ1) is 2.54. The molecule has 3 aliphatic rings. The summed E-state index contributed by atoms with van der Waals surface area (Å²) >= 11 is 0. The summed E-state index contributed by atoms with van der Waals surface area (Å²) in [7, 11) is 0. The lowest BCUT2D eigenvalue weighted by atomic mass is 9.58. The maximum Gasteiger partial charge on any atom is 0.226 e. The number of pyridine rings is 1. The predicted molar refractivity (Wildman–Crippen MR) is 279 cm³/mol. The first-order chi connectivity index (χ1) is 86.9. The molecule has 6 rings (SSSR count). The summed E-state index contributed by atoms with van der Waals surface area (Å²) in [6, 6.07) is 10.7. The van der Waals surface area contributed by atoms with Crippen molar-refractivity contribution in [2.24, 2.45) is 11.8 Å². The van der Waals surface area contributed by atoms with Crippen molar-refractivity contribution >= 4 is 5.78 Å². The molecule has 0 radical (unpaired) electrons. The predicted octanol–water partition coefficient (Wildman–Crippen LogP) is 23.3. The highest BCUT2D eigenvalue weighted by molar-refractivity contribution is 6.00. The summed E-state index contributed by atoms with van der Waals surface area (Å²) in [5.41, 5.74) is 4.08. The fraction of sp³-hybridized carbons (Fsp3) is 0.345. The highest BCUT2D eigenvalue weighted by atomic mass is 19.1. The molecular formula is C29H165FN4O. The summed E-state index contributed by atoms with van der Waals surface area (Å²) in [6.07, 6.45) is 7.34. The van der Waals surface area contributed by atoms with Crippen molar-refractivity contribution < 1.29 is 217 Å². The Morgan fingerprint density at radius 3 is 2.66 bits per heavy atom. The average Bonchev–Trinajstić information content (AvgIpc) is 1.21. The zero-order valence-electron chi connectivity index (χ0n) is 160. The lowest BCUT2D eigenvalue weighted by Crippen LogP contribution is -2.46. The van der Waals surface area contributed by atoms with Gasteiger partial charge in [0.25, 0.3) is 0 Å². The maximum absolute atomic E-state index is 15.0. The lowest BCUT2D eigenvalue weighted by Gasteiger charge is -2.46. The fourth-order valence-electron chi connectivity index (χ4n) is 5.91. The van der Waals surface area contributed by atoms with Crippen LogP contribution in [0.15, 0.2) is 54.4 Å². The molecule has 1 fully saturated rings. The molecule has 0 spiro atoms. The molecule has 35 heavy (non-hydrogen) atoms. The summed E-state index contributed by atoms with van der Waals surface area (Å²) in [4.78, 5) is 30.9. The monoisotopic (exact) mass is 886 g/mol. The van der Waals surface area contributed by atoms with Gasteiger partial charge in [-0.3, -0.25) is 4.98 Å². The van der Waals surface area contributed by atoms with Crippen molar-refractivity contribution in [2.45, 2.75) is 50.9 Å². The van der Waals surface area contributed by atoms with E-state index in [1.807, 2.05) is 25.1 Å². The molecule has 5 nitrogen and oxygen atoms in total. The molecular weight excluding hydrogens is 439 g/mol. The number of rotatable bonds is 3. The largest absolute Gasteiger partial charge is 0.308 e. The van der Waals surface area contributed by atoms with Crippen molar-refractivity contribution in [1.82, 2.24) is 15.0 Å². The fourth-order valence-corrected chi connectivity index (χ4v) is 5.91. The molecule has 6 heteroatoms. The van der Waals surface area contributed by atoms with Crippen LogP contribution in [0.4, 0.5) is 4.39 Å². The van der Waals surface area contributed by atoms with Gasteiger partial charge < -0.3 is 4.79 Å². The Morgan fingerprint density at radius 2 is 1.97 bits per heavy atom. The minimum Gasteiger partial charge on any atom is -0.308 e. The smallest absolute Gasteiger partial charge is 0.226 e. The van der Waals surface area contributed by atoms with E-state index in [1.165, 1.54) is 18.9 Å². The summed E-state index contributed by atoms with van der Waals surface area (Å²) in [6.45, 7) is 11.5. The Morgan fingerprint density at radius 1 is 1.17 bits per heavy atom. The molecule has 1 aromatic carbocycles. The van der Waals surface area contributed by atoms with Crippen LogP contribution in [0.5, 0.6) is 0 Å². The highest BCUT2D eigenvalue weighted by Gasteiger charge is 2.49. The molecule has 3 atom stereocenters. The van der Waals surface area contributed by atoms with Gasteiger partial charge in [0, 0.05) is 254 Å². The van der Waals surface area contributed by atoms with Crippen molar-refractivity contribution in [2.75, 3.05) is 0 Å². The maximum atomic E-state index is 15.0. The van der Waals surface area contributed by atoms with Gasteiger partial charge >= 0.3 is 0 Å². The minimum atomic E-state index is -0.625. The van der Waals surface area contributed by atoms with E-state index in [9.17, 15) is 4.79 Å². The molecule has 0 bridgehead atoms. The molecule has 3 aliphatic carbocycles. The third-order valence-electron chi connectivity index (χ3n) is 7.99. The Labute approximate surface area is 420 Å². The number of aromatic nitrogens is 3. The van der Waals surface area contributed by atoms with Gasteiger partial charge in [0.05, 0.1) is 18.0 Å². The van der Waals surface area contributed by atoms with Crippen molar-refractivity contribution in [3.8, 4) is 22.6 Å². The van der Waals surface area contributed by atoms with Crippen LogP contribution < -0.4 is 0 Å². The van der Waals surface area contributed by atoms with Gasteiger partial charge in [-0.15, -0.1) is 0 Å². The molecule has 0 amide bonds. The zero-order valence-corrected chi connectivity index (χ0v) is 19.8. The van der Waals surface area contributed by atoms with Crippen LogP contribution in [-0.2, 0) is 16.6 Å². The molecule has 0 unspecified atom stereocenters. The van der Waals surface area contributed by atoms with E-state index in [0.29, 0.717) is 29.4 Å². The van der Waals surface area contributed by atoms with Crippen LogP contribution >= 0.6 is 0 Å². The first-order valence-corrected chi connectivity index (χ1v) is 12.2. The third-order valence-corrected chi connectivity index (χ3v) is 7.99. The number of fused-ring (bicyclic) bond motifs is 3. The second kappa shape index (κ2) is 7.91. The quantitative estimate of drug-likeness (QED) is 0.246. The van der Waals surface area contributed by atoms with Gasteiger partial charge in [-0.1, -0.05) is 32.1 Å². The van der Waals surface area contributed by atoms with Gasteiger partial charge in [-0.05, 0) is 55.9 Å². The number of ketones is 1. The number of carbonyl (C=O) groups is 1. The van der Waals surface area contributed by atoms with Crippen LogP contribution in [0.1, 0.15) is 264 Å². The van der Waals surface area contributed by atoms with Crippen molar-refractivity contribution in [3.05, 3.63) is 88.6 Å². The number of carbonyl (C=O) groups excluding carboxylic acids is 1. The average molecular weight is 887 g/mol. The number of halogens is 1. The SMILES string of the molecule is [3H][3H].[3H][3H].[3H][3H].[3H][3H].[3H][3H].[3H][3H].[3H][3H].[3H][3H].[3H][3H].[3H][3H].[3H][3H].[3H][3H].[3H][3H].[3H][3H].[3H][3H].[3H][3H].[3H][3H].[3H][3H].[3H][3H].[3H][3H].[3H][3H].[3H][3H].[3H][3H].[3H][3H].[3H][3H].[3H][3H].[3H][3H].[3H][3H].[3H][3H].[3H][3H].[3H][3H].[3H][3H].[3H][3H].[3H][3H].[3H][3H].[3H][3H].[3H][3H].[3H][3H].[3H][3H].[3H][3H].[3H][3H].[3H][3H].[3H][3H].[3H][3H].[3H][3H].[3H][3H].[3H][3H].[3H][3H].[3H][3H].[3H][3H].[3H][3H].[3H][3H].[3H][3H].[3H][3H].[3H][3H].[3H][3H].[3H][3H].[3H][3H].[3H][3H].[3H][3H].[3H][3H].[3H][3H].[3H][3H].[3H][3H].[3H][3H].[3H][3H].[3H][3H].[3H][3H].[3H][3H].[3H][3H].[C-]#[N+]C1=C[C@@]2(C)c3nc(-c4ccc(C5CC5)nc4)nc(-c4ccccc4F)c3CC[C@@H]2[C@@H](C)C1=O. The van der Waals surface area contributed by atoms with Gasteiger partial charge in [0.2, 0.25) is 5.70 Å². The van der Waals surface area contributed by atoms with Crippen molar-refractivity contribution in [3.63, 3.8) is 0 Å². The third kappa shape index (κ3) is 3.41. The topological polar surface area (TPSA) is 60.1 Å². The summed E-state index contributed by atoms with van der Waals surface area (Å²) in [5.74, 6) is 0.325. The molecule has 2 aromatic heterocycles. The molecule has 3 aromatic rings. The zero-order chi connectivity index (χ0) is 164. The number of allylic oxidation sites excluding steroid dienone is 2. The van der Waals surface area contributed by atoms with E-state index in [-0.39, 0.29) is 29.1 Å². The van der Waals surface area contributed by atoms with E-state index < -0.39 is 5.41 Å². The number of hydrogen-bond donors (Lipinski definition) is 0. The van der Waals surface area contributed by atoms with Crippen LogP contribution in [0.25, 0.3) is 27.5 Å². The Bertz CT molecular complexity index is 1560. The number of nitrogens with zero attached hydrogens (tertiary/aromatic N) is 4. The summed E-state index contributed by atoms with van der Waals surface area (Å²) in [5, 5.41) is 0. The highest BCUT2D eigenvalue weighted by Crippen LogP contribution is 2.51. The normalized spacial score (nSPS) is 41.3. The molecule has 0 saturated heterocycles. The molecule has 314 valence electrons. The Kier molecular flexibility index (Phi) is 0.574.